The highest BCUT2D eigenvalue weighted by Crippen LogP contribution is 2.28. The van der Waals surface area contributed by atoms with Crippen molar-refractivity contribution in [3.8, 4) is 5.75 Å². The Kier molecular flexibility index (Phi) is 4.55. The van der Waals surface area contributed by atoms with E-state index in [0.29, 0.717) is 16.5 Å². The van der Waals surface area contributed by atoms with Crippen molar-refractivity contribution in [3.05, 3.63) is 47.1 Å². The Morgan fingerprint density at radius 3 is 2.72 bits per heavy atom. The van der Waals surface area contributed by atoms with Gasteiger partial charge in [-0.25, -0.2) is 4.79 Å². The Morgan fingerprint density at radius 2 is 2.04 bits per heavy atom. The zero-order valence-corrected chi connectivity index (χ0v) is 15.3. The van der Waals surface area contributed by atoms with Gasteiger partial charge in [-0.05, 0) is 37.3 Å². The van der Waals surface area contributed by atoms with Crippen LogP contribution in [0.4, 0.5) is 16.2 Å². The van der Waals surface area contributed by atoms with E-state index in [1.54, 1.807) is 32.4 Å². The minimum Gasteiger partial charge on any atom is -0.497 e. The lowest BCUT2D eigenvalue weighted by atomic mass is 10.2. The van der Waals surface area contributed by atoms with Crippen molar-refractivity contribution in [3.63, 3.8) is 0 Å². The lowest BCUT2D eigenvalue weighted by molar-refractivity contribution is 0.258. The van der Waals surface area contributed by atoms with Gasteiger partial charge in [-0.2, -0.15) is 5.10 Å². The van der Waals surface area contributed by atoms with Crippen molar-refractivity contribution in [1.29, 1.82) is 0 Å². The van der Waals surface area contributed by atoms with E-state index in [1.807, 2.05) is 36.9 Å². The van der Waals surface area contributed by atoms with Crippen LogP contribution in [0.5, 0.6) is 5.75 Å². The summed E-state index contributed by atoms with van der Waals surface area (Å²) in [7, 11) is 5.16. The third-order valence-electron chi connectivity index (χ3n) is 4.22. The van der Waals surface area contributed by atoms with Gasteiger partial charge in [-0.3, -0.25) is 9.58 Å². The van der Waals surface area contributed by atoms with E-state index in [-0.39, 0.29) is 6.03 Å². The number of urea groups is 1. The van der Waals surface area contributed by atoms with Crippen molar-refractivity contribution in [1.82, 2.24) is 9.78 Å². The number of halogens is 1. The molecule has 0 fully saturated rings. The van der Waals surface area contributed by atoms with Crippen LogP contribution in [0.15, 0.2) is 36.4 Å². The monoisotopic (exact) mass is 358 g/mol. The molecule has 6 nitrogen and oxygen atoms in total. The van der Waals surface area contributed by atoms with Crippen LogP contribution in [0.2, 0.25) is 5.02 Å². The van der Waals surface area contributed by atoms with Gasteiger partial charge in [0.05, 0.1) is 23.3 Å². The van der Waals surface area contributed by atoms with Crippen molar-refractivity contribution in [2.24, 2.45) is 7.05 Å². The van der Waals surface area contributed by atoms with Crippen LogP contribution < -0.4 is 15.0 Å². The smallest absolute Gasteiger partial charge is 0.326 e. The highest BCUT2D eigenvalue weighted by molar-refractivity contribution is 6.34. The van der Waals surface area contributed by atoms with Crippen LogP contribution in [0.3, 0.4) is 0 Å². The summed E-state index contributed by atoms with van der Waals surface area (Å²) in [5.74, 6) is 0.632. The number of nitrogens with zero attached hydrogens (tertiary/aromatic N) is 3. The summed E-state index contributed by atoms with van der Waals surface area (Å²) in [5.41, 5.74) is 3.19. The molecule has 0 aliphatic rings. The number of ether oxygens (including phenoxy) is 1. The molecule has 3 aromatic rings. The predicted octanol–water partition coefficient (Wildman–Crippen LogP) is 4.21. The Bertz CT molecular complexity index is 952. The van der Waals surface area contributed by atoms with Gasteiger partial charge in [-0.1, -0.05) is 11.6 Å². The average molecular weight is 359 g/mol. The number of nitrogens with one attached hydrogen (secondary N) is 1. The second-order valence-corrected chi connectivity index (χ2v) is 6.15. The zero-order chi connectivity index (χ0) is 18.1. The maximum absolute atomic E-state index is 12.5. The minimum atomic E-state index is -0.293. The fourth-order valence-corrected chi connectivity index (χ4v) is 2.79. The number of fused-ring (bicyclic) bond motifs is 1. The predicted molar refractivity (Wildman–Crippen MR) is 101 cm³/mol. The molecule has 3 rings (SSSR count). The molecule has 2 amide bonds. The molecule has 0 radical (unpaired) electrons. The lowest BCUT2D eigenvalue weighted by Crippen LogP contribution is -2.31. The van der Waals surface area contributed by atoms with E-state index in [0.717, 1.165) is 22.3 Å². The van der Waals surface area contributed by atoms with Gasteiger partial charge in [0, 0.05) is 36.9 Å². The number of hydrogen-bond donors (Lipinski definition) is 1. The van der Waals surface area contributed by atoms with Gasteiger partial charge in [-0.15, -0.1) is 0 Å². The van der Waals surface area contributed by atoms with Crippen LogP contribution in [-0.4, -0.2) is 30.0 Å². The number of carbonyl (C=O) groups excluding carboxylic acids is 1. The molecular weight excluding hydrogens is 340 g/mol. The topological polar surface area (TPSA) is 59.4 Å². The van der Waals surface area contributed by atoms with Gasteiger partial charge in [0.2, 0.25) is 0 Å². The maximum Gasteiger partial charge on any atom is 0.326 e. The van der Waals surface area contributed by atoms with Crippen LogP contribution in [0, 0.1) is 6.92 Å². The molecule has 0 bridgehead atoms. The molecule has 2 aromatic carbocycles. The third-order valence-corrected chi connectivity index (χ3v) is 4.54. The van der Waals surface area contributed by atoms with E-state index >= 15 is 0 Å². The highest BCUT2D eigenvalue weighted by Gasteiger charge is 2.15. The van der Waals surface area contributed by atoms with Crippen LogP contribution in [-0.2, 0) is 7.05 Å². The Morgan fingerprint density at radius 1 is 1.28 bits per heavy atom. The number of amides is 2. The number of methoxy groups -OCH3 is 1. The molecule has 1 aromatic heterocycles. The van der Waals surface area contributed by atoms with E-state index < -0.39 is 0 Å². The first-order valence-corrected chi connectivity index (χ1v) is 8.10. The first-order chi connectivity index (χ1) is 11.9. The Hall–Kier alpha value is -2.73. The molecule has 0 aliphatic carbocycles. The van der Waals surface area contributed by atoms with E-state index in [4.69, 9.17) is 16.3 Å². The van der Waals surface area contributed by atoms with Crippen molar-refractivity contribution in [2.45, 2.75) is 6.92 Å². The highest BCUT2D eigenvalue weighted by atomic mass is 35.5. The van der Waals surface area contributed by atoms with E-state index in [2.05, 4.69) is 10.4 Å². The molecule has 1 heterocycles. The fourth-order valence-electron chi connectivity index (χ4n) is 2.57. The second kappa shape index (κ2) is 6.64. The summed E-state index contributed by atoms with van der Waals surface area (Å²) in [5, 5.41) is 8.74. The first kappa shape index (κ1) is 17.1. The third kappa shape index (κ3) is 3.25. The molecule has 0 saturated carbocycles. The standard InChI is InChI=1S/C18H19ClN4O2/c1-11-14-7-5-12(9-17(14)21-23(11)3)22(2)18(24)20-16-8-6-13(25-4)10-15(16)19/h5-10H,1-4H3,(H,20,24). The molecule has 0 unspecified atom stereocenters. The number of aryl methyl sites for hydroxylation is 2. The van der Waals surface area contributed by atoms with Crippen molar-refractivity contribution in [2.75, 3.05) is 24.4 Å². The summed E-state index contributed by atoms with van der Waals surface area (Å²) in [6.45, 7) is 2.01. The van der Waals surface area contributed by atoms with Crippen LogP contribution in [0.1, 0.15) is 5.69 Å². The van der Waals surface area contributed by atoms with Gasteiger partial charge < -0.3 is 10.1 Å². The van der Waals surface area contributed by atoms with Gasteiger partial charge in [0.25, 0.3) is 0 Å². The number of benzene rings is 2. The van der Waals surface area contributed by atoms with Crippen LogP contribution in [0.25, 0.3) is 10.9 Å². The fraction of sp³-hybridized carbons (Fsp3) is 0.222. The summed E-state index contributed by atoms with van der Waals surface area (Å²) in [6, 6.07) is 10.6. The molecule has 25 heavy (non-hydrogen) atoms. The molecule has 7 heteroatoms. The average Bonchev–Trinajstić information content (AvgIpc) is 2.89. The molecule has 0 spiro atoms. The molecule has 130 valence electrons. The SMILES string of the molecule is COc1ccc(NC(=O)N(C)c2ccc3c(C)n(C)nc3c2)c(Cl)c1. The van der Waals surface area contributed by atoms with Gasteiger partial charge >= 0.3 is 6.03 Å². The lowest BCUT2D eigenvalue weighted by Gasteiger charge is -2.19. The van der Waals surface area contributed by atoms with Gasteiger partial charge in [0.1, 0.15) is 5.75 Å². The normalized spacial score (nSPS) is 10.8. The van der Waals surface area contributed by atoms with E-state index in [9.17, 15) is 4.79 Å². The summed E-state index contributed by atoms with van der Waals surface area (Å²) < 4.78 is 6.93. The number of anilines is 2. The number of rotatable bonds is 3. The molecule has 1 N–H and O–H groups in total. The Balaban J connectivity index is 1.82. The van der Waals surface area contributed by atoms with Gasteiger partial charge in [0.15, 0.2) is 0 Å². The summed E-state index contributed by atoms with van der Waals surface area (Å²) >= 11 is 6.18. The van der Waals surface area contributed by atoms with Crippen molar-refractivity contribution < 1.29 is 9.53 Å². The zero-order valence-electron chi connectivity index (χ0n) is 14.5. The van der Waals surface area contributed by atoms with Crippen molar-refractivity contribution >= 4 is 39.9 Å². The number of hydrogen-bond acceptors (Lipinski definition) is 3. The summed E-state index contributed by atoms with van der Waals surface area (Å²) in [6.07, 6.45) is 0. The molecule has 0 atom stereocenters. The number of carbonyl (C=O) groups is 1. The summed E-state index contributed by atoms with van der Waals surface area (Å²) in [4.78, 5) is 14.0. The molecule has 0 aliphatic heterocycles. The van der Waals surface area contributed by atoms with E-state index in [1.165, 1.54) is 4.90 Å². The number of aromatic nitrogens is 2. The molecule has 0 saturated heterocycles. The second-order valence-electron chi connectivity index (χ2n) is 5.75. The minimum absolute atomic E-state index is 0.293. The Labute approximate surface area is 150 Å². The largest absolute Gasteiger partial charge is 0.497 e. The molecular formula is C18H19ClN4O2. The first-order valence-electron chi connectivity index (χ1n) is 7.72. The quantitative estimate of drug-likeness (QED) is 0.762. The van der Waals surface area contributed by atoms with Crippen LogP contribution >= 0.6 is 11.6 Å². The maximum atomic E-state index is 12.5.